The summed E-state index contributed by atoms with van der Waals surface area (Å²) >= 11 is 0. The van der Waals surface area contributed by atoms with Crippen LogP contribution < -0.4 is 0 Å². The molecule has 6 nitrogen and oxygen atoms in total. The van der Waals surface area contributed by atoms with Gasteiger partial charge in [-0.25, -0.2) is 4.79 Å². The molecule has 0 N–H and O–H groups in total. The van der Waals surface area contributed by atoms with Crippen molar-refractivity contribution in [1.29, 1.82) is 0 Å². The molecule has 0 aliphatic rings. The lowest BCUT2D eigenvalue weighted by molar-refractivity contribution is -0.169. The van der Waals surface area contributed by atoms with Gasteiger partial charge >= 0.3 is 17.9 Å². The molecule has 0 spiro atoms. The molecule has 0 aliphatic carbocycles. The van der Waals surface area contributed by atoms with Crippen molar-refractivity contribution in [3.05, 3.63) is 12.2 Å². The van der Waals surface area contributed by atoms with Gasteiger partial charge in [0.25, 0.3) is 0 Å². The number of hydrogen-bond acceptors (Lipinski definition) is 6. The van der Waals surface area contributed by atoms with Crippen molar-refractivity contribution in [2.24, 2.45) is 5.92 Å². The van der Waals surface area contributed by atoms with Crippen molar-refractivity contribution in [3.63, 3.8) is 0 Å². The highest BCUT2D eigenvalue weighted by atomic mass is 16.6. The standard InChI is InChI=1S/C16H26O6/c1-7-8-13(17)22-16(4,5)12(9-14(18)20-6)10-21-15(19)11(2)3/h12H,2,7-10H2,1,3-6H3. The molecule has 0 aromatic rings. The van der Waals surface area contributed by atoms with Crippen LogP contribution in [0.25, 0.3) is 0 Å². The van der Waals surface area contributed by atoms with E-state index in [9.17, 15) is 14.4 Å². The lowest BCUT2D eigenvalue weighted by atomic mass is 9.88. The van der Waals surface area contributed by atoms with Crippen LogP contribution in [0.2, 0.25) is 0 Å². The second-order valence-corrected chi connectivity index (χ2v) is 5.68. The van der Waals surface area contributed by atoms with Gasteiger partial charge in [0.2, 0.25) is 0 Å². The van der Waals surface area contributed by atoms with Crippen LogP contribution in [0.1, 0.15) is 47.0 Å². The number of esters is 3. The molecule has 0 aromatic heterocycles. The van der Waals surface area contributed by atoms with Crippen LogP contribution in [0.4, 0.5) is 0 Å². The van der Waals surface area contributed by atoms with Crippen molar-refractivity contribution in [2.75, 3.05) is 13.7 Å². The fourth-order valence-corrected chi connectivity index (χ4v) is 1.72. The Bertz CT molecular complexity index is 424. The lowest BCUT2D eigenvalue weighted by Crippen LogP contribution is -2.41. The van der Waals surface area contributed by atoms with Crippen LogP contribution in [-0.2, 0) is 28.6 Å². The van der Waals surface area contributed by atoms with Crippen molar-refractivity contribution >= 4 is 17.9 Å². The van der Waals surface area contributed by atoms with Gasteiger partial charge < -0.3 is 14.2 Å². The van der Waals surface area contributed by atoms with Crippen molar-refractivity contribution in [2.45, 2.75) is 52.6 Å². The Hall–Kier alpha value is -1.85. The molecule has 6 heteroatoms. The Balaban J connectivity index is 4.94. The molecular formula is C16H26O6. The number of rotatable bonds is 9. The van der Waals surface area contributed by atoms with Gasteiger partial charge in [0.15, 0.2) is 0 Å². The summed E-state index contributed by atoms with van der Waals surface area (Å²) in [6.07, 6.45) is 0.938. The Kier molecular flexibility index (Phi) is 8.45. The van der Waals surface area contributed by atoms with Crippen molar-refractivity contribution in [1.82, 2.24) is 0 Å². The van der Waals surface area contributed by atoms with Gasteiger partial charge in [0, 0.05) is 17.9 Å². The van der Waals surface area contributed by atoms with Crippen LogP contribution in [-0.4, -0.2) is 37.2 Å². The average molecular weight is 314 g/mol. The molecule has 0 saturated carbocycles. The second-order valence-electron chi connectivity index (χ2n) is 5.68. The highest BCUT2D eigenvalue weighted by Crippen LogP contribution is 2.26. The van der Waals surface area contributed by atoms with E-state index >= 15 is 0 Å². The van der Waals surface area contributed by atoms with Gasteiger partial charge in [0.05, 0.1) is 20.1 Å². The average Bonchev–Trinajstić information content (AvgIpc) is 2.41. The van der Waals surface area contributed by atoms with Crippen LogP contribution in [0.15, 0.2) is 12.2 Å². The third-order valence-corrected chi connectivity index (χ3v) is 3.22. The van der Waals surface area contributed by atoms with E-state index in [1.165, 1.54) is 14.0 Å². The zero-order valence-corrected chi connectivity index (χ0v) is 14.1. The fourth-order valence-electron chi connectivity index (χ4n) is 1.72. The van der Waals surface area contributed by atoms with Crippen LogP contribution >= 0.6 is 0 Å². The quantitative estimate of drug-likeness (QED) is 0.369. The molecule has 0 aromatic carbocycles. The molecule has 1 atom stereocenters. The molecule has 0 amide bonds. The van der Waals surface area contributed by atoms with Crippen LogP contribution in [0.3, 0.4) is 0 Å². The Labute approximate surface area is 131 Å². The molecule has 0 bridgehead atoms. The number of ether oxygens (including phenoxy) is 3. The highest BCUT2D eigenvalue weighted by molar-refractivity contribution is 5.86. The topological polar surface area (TPSA) is 78.9 Å². The Morgan fingerprint density at radius 1 is 1.18 bits per heavy atom. The van der Waals surface area contributed by atoms with Crippen LogP contribution in [0, 0.1) is 5.92 Å². The first kappa shape index (κ1) is 20.1. The van der Waals surface area contributed by atoms with Gasteiger partial charge in [-0.1, -0.05) is 13.5 Å². The van der Waals surface area contributed by atoms with Gasteiger partial charge in [-0.15, -0.1) is 0 Å². The molecule has 1 unspecified atom stereocenters. The highest BCUT2D eigenvalue weighted by Gasteiger charge is 2.36. The van der Waals surface area contributed by atoms with Gasteiger partial charge in [0.1, 0.15) is 5.60 Å². The third kappa shape index (κ3) is 7.24. The molecule has 0 rings (SSSR count). The van der Waals surface area contributed by atoms with Gasteiger partial charge in [-0.2, -0.15) is 0 Å². The lowest BCUT2D eigenvalue weighted by Gasteiger charge is -2.33. The van der Waals surface area contributed by atoms with Crippen LogP contribution in [0.5, 0.6) is 0 Å². The summed E-state index contributed by atoms with van der Waals surface area (Å²) < 4.78 is 15.2. The summed E-state index contributed by atoms with van der Waals surface area (Å²) in [4.78, 5) is 34.8. The van der Waals surface area contributed by atoms with E-state index in [1.807, 2.05) is 6.92 Å². The van der Waals surface area contributed by atoms with E-state index in [0.29, 0.717) is 12.8 Å². The smallest absolute Gasteiger partial charge is 0.333 e. The normalized spacial score (nSPS) is 12.2. The maximum absolute atomic E-state index is 11.7. The molecule has 0 saturated heterocycles. The van der Waals surface area contributed by atoms with Gasteiger partial charge in [-0.3, -0.25) is 9.59 Å². The van der Waals surface area contributed by atoms with E-state index in [4.69, 9.17) is 9.47 Å². The van der Waals surface area contributed by atoms with E-state index in [0.717, 1.165) is 0 Å². The summed E-state index contributed by atoms with van der Waals surface area (Å²) in [5, 5.41) is 0. The number of carbonyl (C=O) groups is 3. The SMILES string of the molecule is C=C(C)C(=O)OCC(CC(=O)OC)C(C)(C)OC(=O)CCC. The predicted octanol–water partition coefficient (Wildman–Crippen LogP) is 2.41. The maximum atomic E-state index is 11.7. The number of methoxy groups -OCH3 is 1. The minimum Gasteiger partial charge on any atom is -0.469 e. The number of hydrogen-bond donors (Lipinski definition) is 0. The zero-order valence-electron chi connectivity index (χ0n) is 14.1. The molecule has 126 valence electrons. The summed E-state index contributed by atoms with van der Waals surface area (Å²) in [5.74, 6) is -1.88. The van der Waals surface area contributed by atoms with E-state index in [1.54, 1.807) is 13.8 Å². The monoisotopic (exact) mass is 314 g/mol. The van der Waals surface area contributed by atoms with E-state index < -0.39 is 23.5 Å². The first-order valence-electron chi connectivity index (χ1n) is 7.25. The summed E-state index contributed by atoms with van der Waals surface area (Å²) in [5.41, 5.74) is -0.701. The second kappa shape index (κ2) is 9.23. The van der Waals surface area contributed by atoms with Crippen molar-refractivity contribution < 1.29 is 28.6 Å². The summed E-state index contributed by atoms with van der Waals surface area (Å²) in [7, 11) is 1.27. The predicted molar refractivity (Wildman–Crippen MR) is 81.0 cm³/mol. The first-order valence-corrected chi connectivity index (χ1v) is 7.25. The first-order chi connectivity index (χ1) is 10.1. The Morgan fingerprint density at radius 3 is 2.23 bits per heavy atom. The molecule has 22 heavy (non-hydrogen) atoms. The largest absolute Gasteiger partial charge is 0.469 e. The summed E-state index contributed by atoms with van der Waals surface area (Å²) in [6.45, 7) is 10.2. The third-order valence-electron chi connectivity index (χ3n) is 3.22. The van der Waals surface area contributed by atoms with Gasteiger partial charge in [-0.05, 0) is 27.2 Å². The molecule has 0 heterocycles. The summed E-state index contributed by atoms with van der Waals surface area (Å²) in [6, 6.07) is 0. The molecule has 0 aliphatic heterocycles. The zero-order chi connectivity index (χ0) is 17.3. The minimum atomic E-state index is -0.963. The molecular weight excluding hydrogens is 288 g/mol. The Morgan fingerprint density at radius 2 is 1.77 bits per heavy atom. The van der Waals surface area contributed by atoms with Crippen molar-refractivity contribution in [3.8, 4) is 0 Å². The number of carbonyl (C=O) groups excluding carboxylic acids is 3. The van der Waals surface area contributed by atoms with E-state index in [-0.39, 0.29) is 24.6 Å². The minimum absolute atomic E-state index is 0.0215. The maximum Gasteiger partial charge on any atom is 0.333 e. The molecule has 0 fully saturated rings. The molecule has 0 radical (unpaired) electrons. The fraction of sp³-hybridized carbons (Fsp3) is 0.688. The van der Waals surface area contributed by atoms with E-state index in [2.05, 4.69) is 11.3 Å².